The Kier molecular flexibility index (Phi) is 5.87. The normalized spacial score (nSPS) is 11.7. The summed E-state index contributed by atoms with van der Waals surface area (Å²) in [6, 6.07) is 9.71. The predicted molar refractivity (Wildman–Crippen MR) is 125 cm³/mol. The SMILES string of the molecule is N#Cc1cnc2c(Cl)cc(N[C@@H](c3cccnc3)c3c[nH]nn3)cc2c1Nc1cnc(F)c(F)c1. The Bertz CT molecular complexity index is 1550. The maximum Gasteiger partial charge on any atom is 0.249 e. The third-order valence-corrected chi connectivity index (χ3v) is 5.46. The van der Waals surface area contributed by atoms with Crippen LogP contribution >= 0.6 is 11.6 Å². The van der Waals surface area contributed by atoms with E-state index in [2.05, 4.69) is 47.1 Å². The summed E-state index contributed by atoms with van der Waals surface area (Å²) in [4.78, 5) is 11.9. The molecule has 12 heteroatoms. The Morgan fingerprint density at radius 1 is 1.09 bits per heavy atom. The van der Waals surface area contributed by atoms with Gasteiger partial charge in [-0.15, -0.1) is 5.10 Å². The number of nitrogens with one attached hydrogen (secondary N) is 3. The van der Waals surface area contributed by atoms with Crippen LogP contribution in [0.4, 0.5) is 25.8 Å². The van der Waals surface area contributed by atoms with Crippen LogP contribution < -0.4 is 10.6 Å². The molecule has 9 nitrogen and oxygen atoms in total. The first-order valence-corrected chi connectivity index (χ1v) is 10.5. The predicted octanol–water partition coefficient (Wildman–Crippen LogP) is 4.89. The highest BCUT2D eigenvalue weighted by Crippen LogP contribution is 2.36. The molecule has 0 unspecified atom stereocenters. The lowest BCUT2D eigenvalue weighted by Gasteiger charge is -2.19. The minimum atomic E-state index is -1.22. The fourth-order valence-electron chi connectivity index (χ4n) is 3.59. The van der Waals surface area contributed by atoms with Crippen molar-refractivity contribution in [2.24, 2.45) is 0 Å². The van der Waals surface area contributed by atoms with Crippen LogP contribution in [0.2, 0.25) is 5.02 Å². The molecule has 1 atom stereocenters. The Balaban J connectivity index is 1.61. The number of nitrogens with zero attached hydrogens (tertiary/aromatic N) is 6. The van der Waals surface area contributed by atoms with Gasteiger partial charge in [0, 0.05) is 41.9 Å². The number of fused-ring (bicyclic) bond motifs is 1. The second-order valence-electron chi connectivity index (χ2n) is 7.40. The van der Waals surface area contributed by atoms with Gasteiger partial charge in [-0.2, -0.15) is 9.65 Å². The van der Waals surface area contributed by atoms with E-state index in [0.717, 1.165) is 17.8 Å². The summed E-state index contributed by atoms with van der Waals surface area (Å²) in [6.45, 7) is 0. The van der Waals surface area contributed by atoms with Gasteiger partial charge in [-0.1, -0.05) is 22.9 Å². The zero-order valence-corrected chi connectivity index (χ0v) is 18.4. The molecule has 0 aliphatic carbocycles. The first kappa shape index (κ1) is 22.1. The second kappa shape index (κ2) is 9.28. The second-order valence-corrected chi connectivity index (χ2v) is 7.80. The highest BCUT2D eigenvalue weighted by molar-refractivity contribution is 6.36. The van der Waals surface area contributed by atoms with E-state index in [4.69, 9.17) is 11.6 Å². The highest BCUT2D eigenvalue weighted by atomic mass is 35.5. The molecule has 0 fully saturated rings. The molecule has 5 aromatic rings. The molecule has 0 aliphatic rings. The molecule has 0 amide bonds. The van der Waals surface area contributed by atoms with Gasteiger partial charge >= 0.3 is 0 Å². The smallest absolute Gasteiger partial charge is 0.249 e. The van der Waals surface area contributed by atoms with Gasteiger partial charge in [-0.05, 0) is 23.8 Å². The Hall–Kier alpha value is -4.69. The van der Waals surface area contributed by atoms with Crippen LogP contribution in [0.25, 0.3) is 10.9 Å². The maximum absolute atomic E-state index is 13.7. The topological polar surface area (TPSA) is 128 Å². The number of rotatable bonds is 6. The van der Waals surface area contributed by atoms with Gasteiger partial charge in [0.2, 0.25) is 5.95 Å². The zero-order valence-electron chi connectivity index (χ0n) is 17.7. The fourth-order valence-corrected chi connectivity index (χ4v) is 3.86. The lowest BCUT2D eigenvalue weighted by Crippen LogP contribution is -2.13. The van der Waals surface area contributed by atoms with Crippen LogP contribution in [-0.2, 0) is 0 Å². The number of aromatic amines is 1. The van der Waals surface area contributed by atoms with Crippen molar-refractivity contribution >= 4 is 39.6 Å². The van der Waals surface area contributed by atoms with Crippen molar-refractivity contribution in [2.45, 2.75) is 6.04 Å². The van der Waals surface area contributed by atoms with E-state index in [1.54, 1.807) is 36.8 Å². The number of hydrogen-bond donors (Lipinski definition) is 3. The molecule has 0 spiro atoms. The van der Waals surface area contributed by atoms with E-state index in [1.807, 2.05) is 6.07 Å². The molecular formula is C23H14ClF2N9. The van der Waals surface area contributed by atoms with Gasteiger partial charge in [-0.25, -0.2) is 9.37 Å². The molecule has 3 N–H and O–H groups in total. The molecule has 35 heavy (non-hydrogen) atoms. The molecule has 4 heterocycles. The van der Waals surface area contributed by atoms with Gasteiger partial charge in [-0.3, -0.25) is 15.1 Å². The lowest BCUT2D eigenvalue weighted by atomic mass is 10.0. The number of benzene rings is 1. The third kappa shape index (κ3) is 4.42. The summed E-state index contributed by atoms with van der Waals surface area (Å²) in [5.41, 5.74) is 3.08. The first-order chi connectivity index (χ1) is 17.0. The average molecular weight is 490 g/mol. The number of nitriles is 1. The van der Waals surface area contributed by atoms with E-state index in [-0.39, 0.29) is 11.3 Å². The molecule has 172 valence electrons. The zero-order chi connectivity index (χ0) is 24.4. The van der Waals surface area contributed by atoms with Crippen molar-refractivity contribution in [2.75, 3.05) is 10.6 Å². The van der Waals surface area contributed by atoms with Crippen LogP contribution in [0.3, 0.4) is 0 Å². The number of hydrogen-bond acceptors (Lipinski definition) is 8. The number of halogens is 3. The maximum atomic E-state index is 13.7. The molecule has 0 saturated carbocycles. The van der Waals surface area contributed by atoms with Crippen molar-refractivity contribution < 1.29 is 8.78 Å². The van der Waals surface area contributed by atoms with Gasteiger partial charge in [0.1, 0.15) is 11.8 Å². The summed E-state index contributed by atoms with van der Waals surface area (Å²) in [7, 11) is 0. The summed E-state index contributed by atoms with van der Waals surface area (Å²) < 4.78 is 27.0. The number of pyridine rings is 3. The first-order valence-electron chi connectivity index (χ1n) is 10.2. The number of H-pyrrole nitrogens is 1. The van der Waals surface area contributed by atoms with Gasteiger partial charge in [0.25, 0.3) is 0 Å². The standard InChI is InChI=1S/C23H14ClF2N9/c24-17-5-14(32-21(19-11-31-35-34-19)12-2-1-3-28-8-12)4-16-20(13(7-27)9-29-22(16)17)33-15-6-18(25)23(26)30-10-15/h1-6,8-11,21,32H,(H,29,33)(H,31,34,35)/t21-/m0/s1. The molecule has 0 aliphatic heterocycles. The van der Waals surface area contributed by atoms with Gasteiger partial charge < -0.3 is 10.6 Å². The van der Waals surface area contributed by atoms with Crippen LogP contribution in [-0.4, -0.2) is 30.4 Å². The molecule has 5 rings (SSSR count). The fraction of sp³-hybridized carbons (Fsp3) is 0.0435. The Labute approximate surface area is 201 Å². The van der Waals surface area contributed by atoms with Crippen molar-refractivity contribution in [1.82, 2.24) is 30.4 Å². The molecule has 1 aromatic carbocycles. The Morgan fingerprint density at radius 2 is 1.97 bits per heavy atom. The molecule has 4 aromatic heterocycles. The van der Waals surface area contributed by atoms with Crippen molar-refractivity contribution in [3.8, 4) is 6.07 Å². The van der Waals surface area contributed by atoms with Crippen LogP contribution in [0, 0.1) is 23.1 Å². The van der Waals surface area contributed by atoms with E-state index in [9.17, 15) is 14.0 Å². The largest absolute Gasteiger partial charge is 0.373 e. The minimum absolute atomic E-state index is 0.151. The molecular weight excluding hydrogens is 476 g/mol. The van der Waals surface area contributed by atoms with Crippen molar-refractivity contribution in [3.05, 3.63) is 94.9 Å². The van der Waals surface area contributed by atoms with Crippen molar-refractivity contribution in [3.63, 3.8) is 0 Å². The quantitative estimate of drug-likeness (QED) is 0.287. The summed E-state index contributed by atoms with van der Waals surface area (Å²) in [6.07, 6.45) is 7.50. The lowest BCUT2D eigenvalue weighted by molar-refractivity contribution is 0.480. The van der Waals surface area contributed by atoms with Crippen molar-refractivity contribution in [1.29, 1.82) is 5.26 Å². The van der Waals surface area contributed by atoms with Crippen LogP contribution in [0.15, 0.2) is 61.3 Å². The van der Waals surface area contributed by atoms with Gasteiger partial charge in [0.15, 0.2) is 5.82 Å². The minimum Gasteiger partial charge on any atom is -0.373 e. The van der Waals surface area contributed by atoms with E-state index < -0.39 is 17.8 Å². The summed E-state index contributed by atoms with van der Waals surface area (Å²) in [5, 5.41) is 27.4. The number of aromatic nitrogens is 6. The van der Waals surface area contributed by atoms with E-state index in [1.165, 1.54) is 6.20 Å². The molecule has 0 bridgehead atoms. The van der Waals surface area contributed by atoms with Crippen LogP contribution in [0.1, 0.15) is 22.9 Å². The van der Waals surface area contributed by atoms with E-state index in [0.29, 0.717) is 33.0 Å². The number of anilines is 3. The Morgan fingerprint density at radius 3 is 2.69 bits per heavy atom. The summed E-state index contributed by atoms with van der Waals surface area (Å²) in [5.74, 6) is -2.35. The monoisotopic (exact) mass is 489 g/mol. The molecule has 0 radical (unpaired) electrons. The van der Waals surface area contributed by atoms with Crippen LogP contribution in [0.5, 0.6) is 0 Å². The average Bonchev–Trinajstić information content (AvgIpc) is 3.40. The highest BCUT2D eigenvalue weighted by Gasteiger charge is 2.19. The van der Waals surface area contributed by atoms with Gasteiger partial charge in [0.05, 0.1) is 39.7 Å². The molecule has 0 saturated heterocycles. The third-order valence-electron chi connectivity index (χ3n) is 5.17. The van der Waals surface area contributed by atoms with E-state index >= 15 is 0 Å². The summed E-state index contributed by atoms with van der Waals surface area (Å²) >= 11 is 6.55.